The molecule has 0 unspecified atom stereocenters. The van der Waals surface area contributed by atoms with E-state index in [2.05, 4.69) is 10.6 Å². The Kier molecular flexibility index (Phi) is 3.28. The van der Waals surface area contributed by atoms with Crippen molar-refractivity contribution in [1.82, 2.24) is 5.32 Å². The van der Waals surface area contributed by atoms with Crippen LogP contribution in [0.25, 0.3) is 11.0 Å². The molecule has 1 aromatic carbocycles. The highest BCUT2D eigenvalue weighted by atomic mass is 19.1. The van der Waals surface area contributed by atoms with Gasteiger partial charge in [0.25, 0.3) is 5.91 Å². The average Bonchev–Trinajstić information content (AvgIpc) is 3.20. The summed E-state index contributed by atoms with van der Waals surface area (Å²) < 4.78 is 18.6. The quantitative estimate of drug-likeness (QED) is 0.730. The summed E-state index contributed by atoms with van der Waals surface area (Å²) in [6, 6.07) is 3.53. The first kappa shape index (κ1) is 14.1. The predicted octanol–water partition coefficient (Wildman–Crippen LogP) is 0.888. The van der Waals surface area contributed by atoms with E-state index in [4.69, 9.17) is 10.2 Å². The molecule has 1 heterocycles. The normalized spacial score (nSPS) is 13.9. The van der Waals surface area contributed by atoms with Crippen LogP contribution in [-0.4, -0.2) is 23.8 Å². The molecule has 0 radical (unpaired) electrons. The summed E-state index contributed by atoms with van der Waals surface area (Å²) in [5.41, 5.74) is 5.24. The van der Waals surface area contributed by atoms with Gasteiger partial charge in [0.1, 0.15) is 17.1 Å². The number of amides is 3. The fourth-order valence-electron chi connectivity index (χ4n) is 2.02. The maximum absolute atomic E-state index is 13.4. The molecule has 2 aromatic rings. The summed E-state index contributed by atoms with van der Waals surface area (Å²) in [7, 11) is 0. The van der Waals surface area contributed by atoms with Gasteiger partial charge in [0.15, 0.2) is 0 Å². The molecule has 0 saturated heterocycles. The second kappa shape index (κ2) is 5.14. The van der Waals surface area contributed by atoms with E-state index in [1.165, 1.54) is 6.07 Å². The molecule has 3 amide bonds. The lowest BCUT2D eigenvalue weighted by Gasteiger charge is -2.05. The van der Waals surface area contributed by atoms with Gasteiger partial charge in [-0.2, -0.15) is 0 Å². The molecule has 1 aromatic heterocycles. The van der Waals surface area contributed by atoms with Gasteiger partial charge < -0.3 is 20.8 Å². The third-order valence-corrected chi connectivity index (χ3v) is 3.23. The van der Waals surface area contributed by atoms with Crippen LogP contribution < -0.4 is 16.4 Å². The molecule has 114 valence electrons. The highest BCUT2D eigenvalue weighted by Gasteiger charge is 2.28. The zero-order valence-corrected chi connectivity index (χ0v) is 11.3. The molecule has 8 heteroatoms. The number of halogens is 1. The van der Waals surface area contributed by atoms with Crippen LogP contribution in [0.1, 0.15) is 23.4 Å². The summed E-state index contributed by atoms with van der Waals surface area (Å²) in [5, 5.41) is 4.92. The van der Waals surface area contributed by atoms with E-state index in [-0.39, 0.29) is 28.5 Å². The lowest BCUT2D eigenvalue weighted by molar-refractivity contribution is -0.136. The summed E-state index contributed by atoms with van der Waals surface area (Å²) in [4.78, 5) is 34.9. The highest BCUT2D eigenvalue weighted by Crippen LogP contribution is 2.31. The Hall–Kier alpha value is -2.90. The number of fused-ring (bicyclic) bond motifs is 1. The minimum atomic E-state index is -0.971. The Balaban J connectivity index is 1.95. The van der Waals surface area contributed by atoms with Crippen molar-refractivity contribution < 1.29 is 23.2 Å². The van der Waals surface area contributed by atoms with Gasteiger partial charge in [-0.1, -0.05) is 0 Å². The van der Waals surface area contributed by atoms with Crippen molar-refractivity contribution in [3.05, 3.63) is 29.8 Å². The van der Waals surface area contributed by atoms with Crippen molar-refractivity contribution in [3.63, 3.8) is 0 Å². The number of hydrogen-bond donors (Lipinski definition) is 3. The largest absolute Gasteiger partial charge is 0.449 e. The van der Waals surface area contributed by atoms with Crippen molar-refractivity contribution >= 4 is 34.4 Å². The van der Waals surface area contributed by atoms with Crippen molar-refractivity contribution in [3.8, 4) is 0 Å². The Morgan fingerprint density at radius 2 is 1.95 bits per heavy atom. The number of nitrogens with one attached hydrogen (secondary N) is 2. The molecule has 0 aliphatic heterocycles. The smallest absolute Gasteiger partial charge is 0.313 e. The summed E-state index contributed by atoms with van der Waals surface area (Å²) in [6.45, 7) is 0. The fourth-order valence-corrected chi connectivity index (χ4v) is 2.02. The van der Waals surface area contributed by atoms with Gasteiger partial charge in [-0.05, 0) is 31.0 Å². The molecular weight excluding hydrogens is 293 g/mol. The molecule has 0 spiro atoms. The second-order valence-electron chi connectivity index (χ2n) is 5.01. The molecular formula is C14H12FN3O4. The number of benzene rings is 1. The number of rotatable bonds is 3. The third kappa shape index (κ3) is 2.62. The van der Waals surface area contributed by atoms with Crippen LogP contribution in [0.15, 0.2) is 22.6 Å². The van der Waals surface area contributed by atoms with Gasteiger partial charge >= 0.3 is 11.8 Å². The molecule has 22 heavy (non-hydrogen) atoms. The van der Waals surface area contributed by atoms with Crippen molar-refractivity contribution in [2.24, 2.45) is 5.73 Å². The topological polar surface area (TPSA) is 114 Å². The van der Waals surface area contributed by atoms with Gasteiger partial charge in [-0.15, -0.1) is 0 Å². The summed E-state index contributed by atoms with van der Waals surface area (Å²) in [5.74, 6) is -3.66. The summed E-state index contributed by atoms with van der Waals surface area (Å²) in [6.07, 6.45) is 1.65. The van der Waals surface area contributed by atoms with E-state index in [9.17, 15) is 18.8 Å². The lowest BCUT2D eigenvalue weighted by Crippen LogP contribution is -2.36. The van der Waals surface area contributed by atoms with Crippen molar-refractivity contribution in [2.75, 3.05) is 5.32 Å². The van der Waals surface area contributed by atoms with E-state index in [0.717, 1.165) is 25.0 Å². The van der Waals surface area contributed by atoms with Crippen molar-refractivity contribution in [1.29, 1.82) is 0 Å². The Bertz CT molecular complexity index is 795. The zero-order valence-electron chi connectivity index (χ0n) is 11.3. The van der Waals surface area contributed by atoms with Gasteiger partial charge in [0.2, 0.25) is 5.76 Å². The lowest BCUT2D eigenvalue weighted by atomic mass is 10.2. The van der Waals surface area contributed by atoms with E-state index >= 15 is 0 Å². The maximum Gasteiger partial charge on any atom is 0.313 e. The minimum absolute atomic E-state index is 0.00685. The van der Waals surface area contributed by atoms with E-state index in [1.807, 2.05) is 0 Å². The molecule has 0 atom stereocenters. The molecule has 1 aliphatic rings. The van der Waals surface area contributed by atoms with Gasteiger partial charge in [0, 0.05) is 11.4 Å². The predicted molar refractivity (Wildman–Crippen MR) is 74.5 cm³/mol. The molecule has 0 bridgehead atoms. The summed E-state index contributed by atoms with van der Waals surface area (Å²) >= 11 is 0. The van der Waals surface area contributed by atoms with Crippen LogP contribution in [0.4, 0.5) is 10.1 Å². The van der Waals surface area contributed by atoms with E-state index in [0.29, 0.717) is 0 Å². The Morgan fingerprint density at radius 3 is 2.59 bits per heavy atom. The number of furan rings is 1. The zero-order chi connectivity index (χ0) is 15.9. The Labute approximate surface area is 123 Å². The number of hydrogen-bond acceptors (Lipinski definition) is 4. The monoisotopic (exact) mass is 305 g/mol. The van der Waals surface area contributed by atoms with Crippen LogP contribution in [0.5, 0.6) is 0 Å². The average molecular weight is 305 g/mol. The number of primary amides is 1. The number of carbonyl (C=O) groups excluding carboxylic acids is 3. The molecule has 1 saturated carbocycles. The third-order valence-electron chi connectivity index (χ3n) is 3.23. The molecule has 3 rings (SSSR count). The molecule has 7 nitrogen and oxygen atoms in total. The SMILES string of the molecule is NC(=O)c1oc2ccc(F)cc2c1NC(=O)C(=O)NC1CC1. The van der Waals surface area contributed by atoms with Crippen LogP contribution >= 0.6 is 0 Å². The second-order valence-corrected chi connectivity index (χ2v) is 5.01. The first-order valence-corrected chi connectivity index (χ1v) is 6.59. The van der Waals surface area contributed by atoms with E-state index < -0.39 is 23.5 Å². The fraction of sp³-hybridized carbons (Fsp3) is 0.214. The maximum atomic E-state index is 13.4. The number of nitrogens with two attached hydrogens (primary N) is 1. The highest BCUT2D eigenvalue weighted by molar-refractivity contribution is 6.40. The van der Waals surface area contributed by atoms with Crippen LogP contribution in [0, 0.1) is 5.82 Å². The first-order chi connectivity index (χ1) is 10.5. The minimum Gasteiger partial charge on any atom is -0.449 e. The number of carbonyl (C=O) groups is 3. The standard InChI is InChI=1S/C14H12FN3O4/c15-6-1-4-9-8(5-6)10(11(22-9)12(16)19)18-14(21)13(20)17-7-2-3-7/h1,4-5,7H,2-3H2,(H2,16,19)(H,17,20)(H,18,21). The van der Waals surface area contributed by atoms with Crippen molar-refractivity contribution in [2.45, 2.75) is 18.9 Å². The van der Waals surface area contributed by atoms with E-state index in [1.54, 1.807) is 0 Å². The van der Waals surface area contributed by atoms with Gasteiger partial charge in [-0.3, -0.25) is 14.4 Å². The Morgan fingerprint density at radius 1 is 1.23 bits per heavy atom. The molecule has 1 fully saturated rings. The van der Waals surface area contributed by atoms with Gasteiger partial charge in [0.05, 0.1) is 0 Å². The van der Waals surface area contributed by atoms with Crippen LogP contribution in [0.3, 0.4) is 0 Å². The first-order valence-electron chi connectivity index (χ1n) is 6.59. The molecule has 4 N–H and O–H groups in total. The number of anilines is 1. The van der Waals surface area contributed by atoms with Crippen LogP contribution in [0.2, 0.25) is 0 Å². The van der Waals surface area contributed by atoms with Gasteiger partial charge in [-0.25, -0.2) is 4.39 Å². The molecule has 1 aliphatic carbocycles. The van der Waals surface area contributed by atoms with Crippen LogP contribution in [-0.2, 0) is 9.59 Å².